The molecule has 440 valence electrons. The fourth-order valence-electron chi connectivity index (χ4n) is 7.72. The fraction of sp³-hybridized carbons (Fsp3) is 0.106. The Balaban J connectivity index is 0.000000306. The van der Waals surface area contributed by atoms with Gasteiger partial charge in [-0.3, -0.25) is 4.98 Å². The molecule has 6 aromatic carbocycles. The van der Waals surface area contributed by atoms with Crippen LogP contribution in [0.2, 0.25) is 0 Å². The summed E-state index contributed by atoms with van der Waals surface area (Å²) in [4.78, 5) is 17.3. The summed E-state index contributed by atoms with van der Waals surface area (Å²) in [5, 5.41) is 36.2. The van der Waals surface area contributed by atoms with Crippen molar-refractivity contribution in [3.8, 4) is 57.2 Å². The third-order valence-electron chi connectivity index (χ3n) is 11.5. The molecule has 0 unspecified atom stereocenters. The molecule has 0 aliphatic carbocycles. The number of alkyl halides is 3. The zero-order valence-electron chi connectivity index (χ0n) is 50.7. The Morgan fingerprint density at radius 3 is 1.42 bits per heavy atom. The molecule has 6 heterocycles. The Kier molecular flexibility index (Phi) is 23.7. The summed E-state index contributed by atoms with van der Waals surface area (Å²) in [7, 11) is -4.78. The molecule has 0 aliphatic heterocycles. The molecule has 0 spiro atoms. The molecule has 2 radical (unpaired) electrons. The second kappa shape index (κ2) is 33.0. The van der Waals surface area contributed by atoms with E-state index in [4.69, 9.17) is 27.4 Å². The smallest absolute Gasteiger partial charge is 0.499 e. The van der Waals surface area contributed by atoms with Crippen LogP contribution in [0.3, 0.4) is 0 Å². The Morgan fingerprint density at radius 2 is 1.02 bits per heavy atom. The molecule has 0 aliphatic rings. The summed E-state index contributed by atoms with van der Waals surface area (Å²) >= 11 is 0. The number of aryl methyl sites for hydroxylation is 4. The number of fused-ring (bicyclic) bond motifs is 6. The molecule has 12 rings (SSSR count). The molecule has 0 bridgehead atoms. The summed E-state index contributed by atoms with van der Waals surface area (Å²) in [6.45, 7) is -0.687. The van der Waals surface area contributed by atoms with Gasteiger partial charge >= 0.3 is 15.6 Å². The quantitative estimate of drug-likeness (QED) is 0.0712. The predicted molar refractivity (Wildman–Crippen MR) is 318 cm³/mol. The van der Waals surface area contributed by atoms with Gasteiger partial charge in [0.15, 0.2) is 5.58 Å². The average Bonchev–Trinajstić information content (AvgIpc) is 1.65. The minimum Gasteiger partial charge on any atom is -0.499 e. The van der Waals surface area contributed by atoms with Gasteiger partial charge in [0, 0.05) is 102 Å². The maximum Gasteiger partial charge on any atom is 0.525 e. The number of furan rings is 2. The maximum atomic E-state index is 11.0. The molecule has 0 atom stereocenters. The number of aliphatic hydroxyl groups excluding tert-OH is 1. The van der Waals surface area contributed by atoms with Crippen molar-refractivity contribution in [3.63, 3.8) is 0 Å². The van der Waals surface area contributed by atoms with Crippen LogP contribution in [0.25, 0.3) is 88.9 Å². The Labute approximate surface area is 527 Å². The van der Waals surface area contributed by atoms with Crippen LogP contribution in [-0.4, -0.2) is 51.3 Å². The molecule has 19 heteroatoms. The molecule has 12 aromatic rings. The Morgan fingerprint density at radius 1 is 0.553 bits per heavy atom. The van der Waals surface area contributed by atoms with Gasteiger partial charge in [-0.25, -0.2) is 5.26 Å². The van der Waals surface area contributed by atoms with E-state index < -0.39 is 29.3 Å². The van der Waals surface area contributed by atoms with E-state index in [0.717, 1.165) is 57.0 Å². The first kappa shape index (κ1) is 61.0. The number of nitriles is 2. The normalized spacial score (nSPS) is 11.6. The van der Waals surface area contributed by atoms with E-state index in [0.29, 0.717) is 33.4 Å². The minimum absolute atomic E-state index is 0. The third-order valence-corrected chi connectivity index (χ3v) is 12.3. The number of halogens is 3. The van der Waals surface area contributed by atoms with Gasteiger partial charge in [0.2, 0.25) is 0 Å². The second-order valence-electron chi connectivity index (χ2n) is 16.8. The molecule has 0 saturated carbocycles. The molecule has 2 N–H and O–H groups in total. The summed E-state index contributed by atoms with van der Waals surface area (Å²) in [6.07, 6.45) is 7.12. The van der Waals surface area contributed by atoms with E-state index in [2.05, 4.69) is 54.6 Å². The van der Waals surface area contributed by atoms with Crippen LogP contribution in [0.15, 0.2) is 197 Å². The first-order valence-electron chi connectivity index (χ1n) is 26.9. The molecule has 0 saturated heterocycles. The first-order chi connectivity index (χ1) is 41.5. The van der Waals surface area contributed by atoms with Crippen molar-refractivity contribution in [1.82, 2.24) is 19.9 Å². The summed E-state index contributed by atoms with van der Waals surface area (Å²) in [6, 6.07) is 64.0. The average molecular weight is 1520 g/mol. The Hall–Kier alpha value is -8.58. The number of hydrogen-bond donors (Lipinski definition) is 2. The SMILES string of the molecule is C.CO.Cc1ccc(-c2[c-]cccc2)nc1.Cc1ccc(-c2[c-]cccc2)nc1.O=S(=O)(OO)C(F)(F)F.[2H]C([2H])([2H])c1ccc2c(oc3c(-c4ccccn4)[c-]ccc32)c1C#N.[2H]C([2H])([2H])c1ccc2c(oc3c(-c4ccccn4)cccc32)c1C#N.[CH3-].[Ir].[Ir]. The fourth-order valence-corrected chi connectivity index (χ4v) is 7.80. The van der Waals surface area contributed by atoms with Crippen molar-refractivity contribution in [2.45, 2.75) is 40.5 Å². The van der Waals surface area contributed by atoms with E-state index in [1.807, 2.05) is 160 Å². The van der Waals surface area contributed by atoms with E-state index in [-0.39, 0.29) is 82.9 Å². The van der Waals surface area contributed by atoms with Gasteiger partial charge in [-0.2, -0.15) is 32.1 Å². The first-order valence-corrected chi connectivity index (χ1v) is 25.4. The van der Waals surface area contributed by atoms with Crippen LogP contribution in [0.5, 0.6) is 0 Å². The minimum atomic E-state index is -5.78. The van der Waals surface area contributed by atoms with Gasteiger partial charge in [0.05, 0.1) is 22.4 Å². The number of hydrogen-bond acceptors (Lipinski definition) is 13. The van der Waals surface area contributed by atoms with Crippen LogP contribution >= 0.6 is 0 Å². The summed E-state index contributed by atoms with van der Waals surface area (Å²) in [5.41, 5.74) is 5.57. The van der Waals surface area contributed by atoms with Gasteiger partial charge in [0.25, 0.3) is 0 Å². The van der Waals surface area contributed by atoms with Gasteiger partial charge in [0.1, 0.15) is 23.3 Å². The molecular formula is C66H55F3Ir2N6O7S-4. The molecule has 0 fully saturated rings. The molecule has 85 heavy (non-hydrogen) atoms. The zero-order valence-corrected chi connectivity index (χ0v) is 50.3. The van der Waals surface area contributed by atoms with E-state index in [1.165, 1.54) is 23.3 Å². The van der Waals surface area contributed by atoms with Gasteiger partial charge in [-0.15, -0.1) is 94.3 Å². The molecule has 0 amide bonds. The molecular weight excluding hydrogens is 1460 g/mol. The van der Waals surface area contributed by atoms with Crippen LogP contribution in [0.1, 0.15) is 49.0 Å². The topological polar surface area (TPSA) is 209 Å². The maximum absolute atomic E-state index is 11.0. The van der Waals surface area contributed by atoms with E-state index >= 15 is 0 Å². The number of para-hydroxylation sites is 1. The summed E-state index contributed by atoms with van der Waals surface area (Å²) < 4.78 is 112. The molecule has 6 aromatic heterocycles. The van der Waals surface area contributed by atoms with Crippen molar-refractivity contribution in [2.24, 2.45) is 0 Å². The van der Waals surface area contributed by atoms with Crippen LogP contribution in [0.4, 0.5) is 13.2 Å². The number of aliphatic hydroxyl groups is 1. The van der Waals surface area contributed by atoms with Crippen LogP contribution < -0.4 is 0 Å². The van der Waals surface area contributed by atoms with Crippen LogP contribution in [-0.2, 0) is 54.7 Å². The van der Waals surface area contributed by atoms with E-state index in [9.17, 15) is 32.1 Å². The number of pyridine rings is 4. The van der Waals surface area contributed by atoms with Crippen molar-refractivity contribution in [3.05, 3.63) is 248 Å². The standard InChI is InChI=1S/C19H12N2O.C19H11N2O.2C12H10N.CHF3O4S.CH4O.CH4.CH3.2Ir/c2*1-12-8-9-14-13-5-4-6-15(17-7-2-3-10-21-17)18(13)22-19(14)16(12)11-20;2*1-10-7-8-12(13-9-10)11-5-3-2-4-6-11;2-1(3,4)9(6,7)8-5;1-2;;;;/h2-10H,1H3;2-5,7-10H,1H3;2*2-5,7-9H,1H3;5H;2H,1H3;1H4;1H3;;/q;3*-1;;;;-1;;/i2*1D3;;;;;;;;. The number of nitrogens with zero attached hydrogens (tertiary/aromatic N) is 6. The number of aromatic nitrogens is 4. The number of benzene rings is 6. The van der Waals surface area contributed by atoms with Crippen molar-refractivity contribution >= 4 is 54.0 Å². The van der Waals surface area contributed by atoms with Gasteiger partial charge in [-0.1, -0.05) is 97.2 Å². The van der Waals surface area contributed by atoms with Gasteiger partial charge in [-0.05, 0) is 91.2 Å². The molecule has 13 nitrogen and oxygen atoms in total. The van der Waals surface area contributed by atoms with Gasteiger partial charge < -0.3 is 36.3 Å². The summed E-state index contributed by atoms with van der Waals surface area (Å²) in [5.74, 6) is 0. The van der Waals surface area contributed by atoms with E-state index in [1.54, 1.807) is 30.6 Å². The van der Waals surface area contributed by atoms with Crippen LogP contribution in [0, 0.1) is 75.8 Å². The third kappa shape index (κ3) is 17.3. The largest absolute Gasteiger partial charge is 0.525 e. The Bertz CT molecular complexity index is 4220. The van der Waals surface area contributed by atoms with Crippen molar-refractivity contribution in [1.29, 1.82) is 10.5 Å². The monoisotopic (exact) mass is 1520 g/mol. The van der Waals surface area contributed by atoms with Crippen molar-refractivity contribution < 1.29 is 93.6 Å². The predicted octanol–water partition coefficient (Wildman–Crippen LogP) is 16.2. The second-order valence-corrected chi connectivity index (χ2v) is 18.4. The number of rotatable bonds is 5. The van der Waals surface area contributed by atoms with Crippen molar-refractivity contribution in [2.75, 3.05) is 7.11 Å². The zero-order chi connectivity index (χ0) is 63.1.